The summed E-state index contributed by atoms with van der Waals surface area (Å²) in [6.45, 7) is 9.29. The Kier molecular flexibility index (Phi) is 6.36. The highest BCUT2D eigenvalue weighted by Crippen LogP contribution is 2.32. The van der Waals surface area contributed by atoms with Crippen molar-refractivity contribution in [2.75, 3.05) is 39.8 Å². The summed E-state index contributed by atoms with van der Waals surface area (Å²) in [5.41, 5.74) is 0.361. The number of piperazine rings is 1. The number of likely N-dealkylation sites (N-methyl/N-ethyl adjacent to an activating group) is 1. The van der Waals surface area contributed by atoms with E-state index in [0.29, 0.717) is 26.2 Å². The van der Waals surface area contributed by atoms with Gasteiger partial charge < -0.3 is 19.3 Å². The number of piperidine rings is 1. The quantitative estimate of drug-likeness (QED) is 0.758. The summed E-state index contributed by atoms with van der Waals surface area (Å²) >= 11 is 0. The van der Waals surface area contributed by atoms with Crippen molar-refractivity contribution in [3.8, 4) is 0 Å². The molecule has 0 saturated carbocycles. The predicted octanol–water partition coefficient (Wildman–Crippen LogP) is 3.34. The maximum atomic E-state index is 12.5. The Balaban J connectivity index is 1.54. The van der Waals surface area contributed by atoms with Gasteiger partial charge in [-0.1, -0.05) is 30.3 Å². The second-order valence-corrected chi connectivity index (χ2v) is 9.08. The topological polar surface area (TPSA) is 62.3 Å². The Bertz CT molecular complexity index is 709. The van der Waals surface area contributed by atoms with Gasteiger partial charge in [0.1, 0.15) is 12.2 Å². The van der Waals surface area contributed by atoms with Crippen LogP contribution in [-0.2, 0) is 16.1 Å². The Morgan fingerprint density at radius 2 is 1.62 bits per heavy atom. The van der Waals surface area contributed by atoms with Crippen LogP contribution in [0.5, 0.6) is 0 Å². The average Bonchev–Trinajstić information content (AvgIpc) is 2.68. The fourth-order valence-electron chi connectivity index (χ4n) is 4.00. The van der Waals surface area contributed by atoms with Gasteiger partial charge in [0.05, 0.1) is 0 Å². The van der Waals surface area contributed by atoms with Gasteiger partial charge in [0.2, 0.25) is 0 Å². The maximum Gasteiger partial charge on any atom is 0.410 e. The summed E-state index contributed by atoms with van der Waals surface area (Å²) in [6, 6.07) is 9.70. The molecule has 0 bridgehead atoms. The number of benzene rings is 1. The third kappa shape index (κ3) is 5.41. The van der Waals surface area contributed by atoms with Crippen molar-refractivity contribution in [3.63, 3.8) is 0 Å². The minimum atomic E-state index is -0.501. The van der Waals surface area contributed by atoms with Crippen LogP contribution in [0.3, 0.4) is 0 Å². The minimum absolute atomic E-state index is 0.120. The second-order valence-electron chi connectivity index (χ2n) is 9.08. The Labute approximate surface area is 173 Å². The molecular weight excluding hydrogens is 370 g/mol. The van der Waals surface area contributed by atoms with E-state index in [0.717, 1.165) is 24.9 Å². The third-order valence-corrected chi connectivity index (χ3v) is 5.81. The van der Waals surface area contributed by atoms with Crippen LogP contribution in [0.15, 0.2) is 30.3 Å². The monoisotopic (exact) mass is 403 g/mol. The lowest BCUT2D eigenvalue weighted by atomic mass is 9.84. The molecule has 2 aliphatic rings. The van der Waals surface area contributed by atoms with Crippen LogP contribution < -0.4 is 0 Å². The van der Waals surface area contributed by atoms with Gasteiger partial charge in [-0.15, -0.1) is 0 Å². The molecule has 0 unspecified atom stereocenters. The molecule has 3 rings (SSSR count). The van der Waals surface area contributed by atoms with Crippen LogP contribution in [0.1, 0.15) is 39.2 Å². The normalized spacial score (nSPS) is 19.9. The number of ether oxygens (including phenoxy) is 2. The van der Waals surface area contributed by atoms with E-state index in [1.807, 2.05) is 56.0 Å². The minimum Gasteiger partial charge on any atom is -0.445 e. The number of nitrogens with zero attached hydrogens (tertiary/aromatic N) is 3. The van der Waals surface area contributed by atoms with E-state index in [-0.39, 0.29) is 24.3 Å². The first kappa shape index (κ1) is 21.4. The summed E-state index contributed by atoms with van der Waals surface area (Å²) in [5, 5.41) is 0. The number of amides is 2. The summed E-state index contributed by atoms with van der Waals surface area (Å²) in [7, 11) is 2.11. The van der Waals surface area contributed by atoms with E-state index in [2.05, 4.69) is 11.9 Å². The molecule has 2 heterocycles. The highest BCUT2D eigenvalue weighted by molar-refractivity contribution is 5.69. The summed E-state index contributed by atoms with van der Waals surface area (Å²) in [6.07, 6.45) is 1.09. The molecule has 2 amide bonds. The lowest BCUT2D eigenvalue weighted by Gasteiger charge is -2.52. The predicted molar refractivity (Wildman–Crippen MR) is 111 cm³/mol. The zero-order valence-corrected chi connectivity index (χ0v) is 18.0. The van der Waals surface area contributed by atoms with Crippen molar-refractivity contribution in [3.05, 3.63) is 35.9 Å². The summed E-state index contributed by atoms with van der Waals surface area (Å²) < 4.78 is 11.0. The van der Waals surface area contributed by atoms with Crippen LogP contribution in [0.25, 0.3) is 0 Å². The van der Waals surface area contributed by atoms with Gasteiger partial charge >= 0.3 is 12.2 Å². The number of carbonyl (C=O) groups excluding carboxylic acids is 2. The molecule has 0 radical (unpaired) electrons. The SMILES string of the molecule is CN1CCN(C(=O)OC(C)(C)C)CC12CCN(C(=O)OCc1ccccc1)CC2. The van der Waals surface area contributed by atoms with Gasteiger partial charge in [0.25, 0.3) is 0 Å². The first-order chi connectivity index (χ1) is 13.7. The van der Waals surface area contributed by atoms with E-state index in [1.165, 1.54) is 0 Å². The molecular formula is C22H33N3O4. The number of carbonyl (C=O) groups is 2. The van der Waals surface area contributed by atoms with Gasteiger partial charge in [-0.2, -0.15) is 0 Å². The lowest BCUT2D eigenvalue weighted by Crippen LogP contribution is -2.65. The molecule has 7 heteroatoms. The Morgan fingerprint density at radius 3 is 2.24 bits per heavy atom. The zero-order chi connectivity index (χ0) is 21.1. The first-order valence-corrected chi connectivity index (χ1v) is 10.3. The van der Waals surface area contributed by atoms with E-state index in [1.54, 1.807) is 4.90 Å². The maximum absolute atomic E-state index is 12.5. The van der Waals surface area contributed by atoms with Crippen LogP contribution in [-0.4, -0.2) is 77.8 Å². The molecule has 1 aromatic carbocycles. The average molecular weight is 404 g/mol. The molecule has 0 N–H and O–H groups in total. The van der Waals surface area contributed by atoms with Gasteiger partial charge in [0.15, 0.2) is 0 Å². The van der Waals surface area contributed by atoms with Crippen LogP contribution in [0, 0.1) is 0 Å². The number of likely N-dealkylation sites (tertiary alicyclic amines) is 1. The largest absolute Gasteiger partial charge is 0.445 e. The van der Waals surface area contributed by atoms with Crippen LogP contribution in [0.2, 0.25) is 0 Å². The molecule has 0 aromatic heterocycles. The molecule has 2 aliphatic heterocycles. The zero-order valence-electron chi connectivity index (χ0n) is 18.0. The van der Waals surface area contributed by atoms with Crippen molar-refractivity contribution < 1.29 is 19.1 Å². The first-order valence-electron chi connectivity index (χ1n) is 10.3. The Morgan fingerprint density at radius 1 is 0.966 bits per heavy atom. The lowest BCUT2D eigenvalue weighted by molar-refractivity contribution is -0.0397. The Hall–Kier alpha value is -2.28. The van der Waals surface area contributed by atoms with E-state index in [4.69, 9.17) is 9.47 Å². The van der Waals surface area contributed by atoms with E-state index >= 15 is 0 Å². The highest BCUT2D eigenvalue weighted by Gasteiger charge is 2.44. The summed E-state index contributed by atoms with van der Waals surface area (Å²) in [5.74, 6) is 0. The molecule has 0 atom stereocenters. The fraction of sp³-hybridized carbons (Fsp3) is 0.636. The molecule has 29 heavy (non-hydrogen) atoms. The van der Waals surface area contributed by atoms with Crippen molar-refractivity contribution in [1.82, 2.24) is 14.7 Å². The molecule has 1 aromatic rings. The molecule has 2 saturated heterocycles. The molecule has 2 fully saturated rings. The van der Waals surface area contributed by atoms with Gasteiger partial charge in [0, 0.05) is 38.3 Å². The fourth-order valence-corrected chi connectivity index (χ4v) is 4.00. The van der Waals surface area contributed by atoms with E-state index in [9.17, 15) is 9.59 Å². The molecule has 7 nitrogen and oxygen atoms in total. The summed E-state index contributed by atoms with van der Waals surface area (Å²) in [4.78, 5) is 30.9. The van der Waals surface area contributed by atoms with Crippen molar-refractivity contribution in [1.29, 1.82) is 0 Å². The van der Waals surface area contributed by atoms with Crippen LogP contribution >= 0.6 is 0 Å². The van der Waals surface area contributed by atoms with Crippen molar-refractivity contribution in [2.45, 2.75) is 51.4 Å². The van der Waals surface area contributed by atoms with Gasteiger partial charge in [-0.05, 0) is 46.2 Å². The number of rotatable bonds is 2. The molecule has 1 spiro atoms. The number of hydrogen-bond acceptors (Lipinski definition) is 5. The van der Waals surface area contributed by atoms with Crippen molar-refractivity contribution in [2.24, 2.45) is 0 Å². The number of hydrogen-bond donors (Lipinski definition) is 0. The van der Waals surface area contributed by atoms with Crippen LogP contribution in [0.4, 0.5) is 9.59 Å². The highest BCUT2D eigenvalue weighted by atomic mass is 16.6. The standard InChI is InChI=1S/C22H33N3O4/c1-21(2,3)29-20(27)25-15-14-23(4)22(17-25)10-12-24(13-11-22)19(26)28-16-18-8-6-5-7-9-18/h5-9H,10-17H2,1-4H3. The smallest absolute Gasteiger partial charge is 0.410 e. The third-order valence-electron chi connectivity index (χ3n) is 5.81. The van der Waals surface area contributed by atoms with Crippen molar-refractivity contribution >= 4 is 12.2 Å². The van der Waals surface area contributed by atoms with Gasteiger partial charge in [-0.3, -0.25) is 4.90 Å². The molecule has 160 valence electrons. The van der Waals surface area contributed by atoms with E-state index < -0.39 is 5.60 Å². The van der Waals surface area contributed by atoms with Gasteiger partial charge in [-0.25, -0.2) is 9.59 Å². The second kappa shape index (κ2) is 8.61. The molecule has 0 aliphatic carbocycles.